The zero-order chi connectivity index (χ0) is 17.6. The van der Waals surface area contributed by atoms with Crippen molar-refractivity contribution < 1.29 is 0 Å². The van der Waals surface area contributed by atoms with Crippen molar-refractivity contribution in [1.29, 1.82) is 0 Å². The molecule has 2 aromatic heterocycles. The van der Waals surface area contributed by atoms with Gasteiger partial charge in [0.25, 0.3) is 5.56 Å². The van der Waals surface area contributed by atoms with Crippen molar-refractivity contribution in [2.45, 2.75) is 31.8 Å². The van der Waals surface area contributed by atoms with Crippen LogP contribution >= 0.6 is 0 Å². The summed E-state index contributed by atoms with van der Waals surface area (Å²) < 4.78 is 4.59. The molecule has 0 aromatic carbocycles. The number of hydrogen-bond donors (Lipinski definition) is 1. The van der Waals surface area contributed by atoms with Gasteiger partial charge in [0.1, 0.15) is 12.1 Å². The predicted octanol–water partition coefficient (Wildman–Crippen LogP) is -0.224. The Morgan fingerprint density at radius 2 is 2.00 bits per heavy atom. The van der Waals surface area contributed by atoms with Crippen LogP contribution in [0.5, 0.6) is 0 Å². The first-order chi connectivity index (χ1) is 12.0. The molecule has 0 spiro atoms. The van der Waals surface area contributed by atoms with Crippen molar-refractivity contribution in [3.63, 3.8) is 0 Å². The highest BCUT2D eigenvalue weighted by Crippen LogP contribution is 2.31. The van der Waals surface area contributed by atoms with Gasteiger partial charge in [-0.3, -0.25) is 13.9 Å². The van der Waals surface area contributed by atoms with E-state index in [9.17, 15) is 9.59 Å². The smallest absolute Gasteiger partial charge is 0.332 e. The molecule has 2 fully saturated rings. The van der Waals surface area contributed by atoms with Crippen molar-refractivity contribution in [3.8, 4) is 0 Å². The lowest BCUT2D eigenvalue weighted by atomic mass is 10.3. The topological polar surface area (TPSA) is 90.0 Å². The summed E-state index contributed by atoms with van der Waals surface area (Å²) in [5.74, 6) is 2.20. The molecule has 4 rings (SSSR count). The van der Waals surface area contributed by atoms with Crippen molar-refractivity contribution in [2.24, 2.45) is 20.0 Å². The highest BCUT2D eigenvalue weighted by atomic mass is 16.2. The molecule has 0 unspecified atom stereocenters. The third-order valence-corrected chi connectivity index (χ3v) is 5.09. The summed E-state index contributed by atoms with van der Waals surface area (Å²) in [7, 11) is 3.19. The second-order valence-corrected chi connectivity index (χ2v) is 7.03. The summed E-state index contributed by atoms with van der Waals surface area (Å²) in [5.41, 5.74) is -0.582. The highest BCUT2D eigenvalue weighted by molar-refractivity contribution is 5.41. The predicted molar refractivity (Wildman–Crippen MR) is 93.9 cm³/mol. The van der Waals surface area contributed by atoms with Crippen molar-refractivity contribution in [3.05, 3.63) is 33.2 Å². The third kappa shape index (κ3) is 3.06. The van der Waals surface area contributed by atoms with Crippen LogP contribution < -0.4 is 21.5 Å². The molecule has 9 heteroatoms. The maximum Gasteiger partial charge on any atom is 0.332 e. The Morgan fingerprint density at radius 3 is 2.76 bits per heavy atom. The van der Waals surface area contributed by atoms with Crippen molar-refractivity contribution in [2.75, 3.05) is 23.3 Å². The molecule has 1 saturated heterocycles. The van der Waals surface area contributed by atoms with E-state index in [1.54, 1.807) is 13.4 Å². The van der Waals surface area contributed by atoms with E-state index in [4.69, 9.17) is 0 Å². The van der Waals surface area contributed by atoms with E-state index < -0.39 is 0 Å². The Kier molecular flexibility index (Phi) is 3.85. The number of aromatic nitrogens is 5. The first-order valence-electron chi connectivity index (χ1n) is 8.69. The highest BCUT2D eigenvalue weighted by Gasteiger charge is 2.27. The molecule has 1 aliphatic carbocycles. The lowest BCUT2D eigenvalue weighted by molar-refractivity contribution is 0.562. The molecule has 1 atom stereocenters. The lowest BCUT2D eigenvalue weighted by Gasteiger charge is -2.21. The summed E-state index contributed by atoms with van der Waals surface area (Å²) in [4.78, 5) is 30.5. The first kappa shape index (κ1) is 15.9. The Labute approximate surface area is 144 Å². The summed E-state index contributed by atoms with van der Waals surface area (Å²) >= 11 is 0. The number of rotatable bonds is 5. The fraction of sp³-hybridized carbons (Fsp3) is 0.625. The lowest BCUT2D eigenvalue weighted by Crippen LogP contribution is -2.40. The van der Waals surface area contributed by atoms with E-state index in [-0.39, 0.29) is 17.3 Å². The van der Waals surface area contributed by atoms with E-state index in [0.717, 1.165) is 42.5 Å². The minimum atomic E-state index is -0.303. The Bertz CT molecular complexity index is 893. The minimum absolute atomic E-state index is 0.210. The molecular formula is C16H23N7O2. The average molecular weight is 345 g/mol. The monoisotopic (exact) mass is 345 g/mol. The molecule has 9 nitrogen and oxygen atoms in total. The summed E-state index contributed by atoms with van der Waals surface area (Å²) in [5, 5.41) is 7.76. The second-order valence-electron chi connectivity index (χ2n) is 7.03. The van der Waals surface area contributed by atoms with Crippen LogP contribution in [-0.4, -0.2) is 43.0 Å². The van der Waals surface area contributed by atoms with E-state index >= 15 is 0 Å². The van der Waals surface area contributed by atoms with Crippen LogP contribution in [0.2, 0.25) is 0 Å². The van der Waals surface area contributed by atoms with Gasteiger partial charge in [-0.25, -0.2) is 9.48 Å². The molecule has 1 saturated carbocycles. The molecule has 1 aliphatic heterocycles. The van der Waals surface area contributed by atoms with E-state index in [1.165, 1.54) is 30.5 Å². The van der Waals surface area contributed by atoms with Crippen LogP contribution in [0.3, 0.4) is 0 Å². The molecule has 0 amide bonds. The Balaban J connectivity index is 1.48. The van der Waals surface area contributed by atoms with Crippen LogP contribution in [0.1, 0.15) is 19.3 Å². The number of nitrogens with zero attached hydrogens (tertiary/aromatic N) is 6. The fourth-order valence-electron chi connectivity index (χ4n) is 3.35. The molecule has 25 heavy (non-hydrogen) atoms. The fourth-order valence-corrected chi connectivity index (χ4v) is 3.35. The molecule has 3 heterocycles. The molecule has 1 N–H and O–H groups in total. The molecule has 134 valence electrons. The SMILES string of the molecule is Cn1c(N2CC[C@H](Nc3ncnn3CC3CC3)C2)cc(=O)n(C)c1=O. The maximum absolute atomic E-state index is 12.1. The van der Waals surface area contributed by atoms with Gasteiger partial charge in [0.05, 0.1) is 0 Å². The Morgan fingerprint density at radius 1 is 1.20 bits per heavy atom. The average Bonchev–Trinajstić information content (AvgIpc) is 3.11. The summed E-state index contributed by atoms with van der Waals surface area (Å²) in [6.07, 6.45) is 5.04. The van der Waals surface area contributed by atoms with Crippen LogP contribution in [0.25, 0.3) is 0 Å². The van der Waals surface area contributed by atoms with Gasteiger partial charge in [0, 0.05) is 45.8 Å². The van der Waals surface area contributed by atoms with E-state index in [2.05, 4.69) is 20.3 Å². The van der Waals surface area contributed by atoms with Gasteiger partial charge in [-0.1, -0.05) is 0 Å². The van der Waals surface area contributed by atoms with Crippen LogP contribution in [0.15, 0.2) is 22.0 Å². The van der Waals surface area contributed by atoms with Crippen molar-refractivity contribution in [1.82, 2.24) is 23.9 Å². The largest absolute Gasteiger partial charge is 0.356 e. The quantitative estimate of drug-likeness (QED) is 0.806. The third-order valence-electron chi connectivity index (χ3n) is 5.09. The van der Waals surface area contributed by atoms with Gasteiger partial charge in [0.2, 0.25) is 5.95 Å². The second kappa shape index (κ2) is 6.05. The van der Waals surface area contributed by atoms with Gasteiger partial charge < -0.3 is 10.2 Å². The molecule has 0 bridgehead atoms. The van der Waals surface area contributed by atoms with Gasteiger partial charge in [-0.2, -0.15) is 10.1 Å². The number of nitrogens with one attached hydrogen (secondary N) is 1. The minimum Gasteiger partial charge on any atom is -0.356 e. The number of anilines is 2. The van der Waals surface area contributed by atoms with Gasteiger partial charge >= 0.3 is 5.69 Å². The maximum atomic E-state index is 12.1. The zero-order valence-electron chi connectivity index (χ0n) is 14.6. The van der Waals surface area contributed by atoms with Crippen LogP contribution in [-0.2, 0) is 20.6 Å². The molecule has 0 radical (unpaired) electrons. The van der Waals surface area contributed by atoms with E-state index in [0.29, 0.717) is 5.82 Å². The zero-order valence-corrected chi connectivity index (χ0v) is 14.6. The molecular weight excluding hydrogens is 322 g/mol. The first-order valence-corrected chi connectivity index (χ1v) is 8.69. The van der Waals surface area contributed by atoms with Gasteiger partial charge in [-0.15, -0.1) is 0 Å². The number of hydrogen-bond acceptors (Lipinski definition) is 6. The van der Waals surface area contributed by atoms with Gasteiger partial charge in [0.15, 0.2) is 0 Å². The Hall–Kier alpha value is -2.58. The molecule has 2 aliphatic rings. The summed E-state index contributed by atoms with van der Waals surface area (Å²) in [6, 6.07) is 1.74. The standard InChI is InChI=1S/C16H23N7O2/c1-20-13(7-14(24)21(2)16(20)25)22-6-5-12(9-22)19-15-17-10-18-23(15)8-11-3-4-11/h7,10-12H,3-6,8-9H2,1-2H3,(H,17,18,19)/t12-/m0/s1. The van der Waals surface area contributed by atoms with Crippen LogP contribution in [0.4, 0.5) is 11.8 Å². The van der Waals surface area contributed by atoms with Gasteiger partial charge in [-0.05, 0) is 25.2 Å². The normalized spacial score (nSPS) is 20.2. The van der Waals surface area contributed by atoms with Crippen LogP contribution in [0, 0.1) is 5.92 Å². The van der Waals surface area contributed by atoms with Crippen molar-refractivity contribution >= 4 is 11.8 Å². The molecule has 2 aromatic rings. The van der Waals surface area contributed by atoms with E-state index in [1.807, 2.05) is 4.68 Å². The summed E-state index contributed by atoms with van der Waals surface area (Å²) in [6.45, 7) is 2.42.